The summed E-state index contributed by atoms with van der Waals surface area (Å²) in [6.45, 7) is 0. The van der Waals surface area contributed by atoms with Crippen LogP contribution in [0.2, 0.25) is 0 Å². The molecule has 0 spiro atoms. The van der Waals surface area contributed by atoms with Crippen molar-refractivity contribution < 1.29 is 45.4 Å². The van der Waals surface area contributed by atoms with E-state index in [0.717, 1.165) is 0 Å². The van der Waals surface area contributed by atoms with Crippen LogP contribution >= 0.6 is 0 Å². The Hall–Kier alpha value is -1.48. The molecule has 0 heterocycles. The second-order valence-electron chi connectivity index (χ2n) is 3.90. The fourth-order valence-corrected chi connectivity index (χ4v) is 1.58. The third-order valence-corrected chi connectivity index (χ3v) is 2.40. The summed E-state index contributed by atoms with van der Waals surface area (Å²) in [5.41, 5.74) is 0. The first-order valence-electron chi connectivity index (χ1n) is 5.20. The average Bonchev–Trinajstić information content (AvgIpc) is 2.29. The predicted molar refractivity (Wildman–Crippen MR) is 52.4 cm³/mol. The maximum Gasteiger partial charge on any atom is 0.389 e. The quantitative estimate of drug-likeness (QED) is 0.578. The molecule has 0 aliphatic heterocycles. The van der Waals surface area contributed by atoms with Crippen LogP contribution < -0.4 is 0 Å². The van der Waals surface area contributed by atoms with Crippen molar-refractivity contribution in [3.05, 3.63) is 0 Å². The van der Waals surface area contributed by atoms with Gasteiger partial charge in [0.15, 0.2) is 0 Å². The third kappa shape index (κ3) is 6.62. The zero-order chi connectivity index (χ0) is 16.1. The number of hydrogen-bond acceptors (Lipinski definition) is 4. The van der Waals surface area contributed by atoms with Crippen LogP contribution in [0.25, 0.3) is 0 Å². The summed E-state index contributed by atoms with van der Waals surface area (Å²) >= 11 is 0. The van der Waals surface area contributed by atoms with Gasteiger partial charge in [-0.15, -0.1) is 0 Å². The van der Waals surface area contributed by atoms with Crippen molar-refractivity contribution in [2.75, 3.05) is 14.2 Å². The van der Waals surface area contributed by atoms with Crippen LogP contribution in [0.3, 0.4) is 0 Å². The van der Waals surface area contributed by atoms with E-state index in [1.165, 1.54) is 0 Å². The first-order valence-corrected chi connectivity index (χ1v) is 5.20. The summed E-state index contributed by atoms with van der Waals surface area (Å²) in [6.07, 6.45) is -13.7. The third-order valence-electron chi connectivity index (χ3n) is 2.40. The second kappa shape index (κ2) is 6.80. The fraction of sp³-hybridized carbons (Fsp3) is 0.800. The van der Waals surface area contributed by atoms with Gasteiger partial charge in [0.25, 0.3) is 0 Å². The molecule has 0 aromatic carbocycles. The zero-order valence-corrected chi connectivity index (χ0v) is 10.5. The van der Waals surface area contributed by atoms with Crippen LogP contribution in [-0.2, 0) is 19.1 Å². The number of ether oxygens (including phenoxy) is 2. The Balaban J connectivity index is 5.39. The molecule has 0 rings (SSSR count). The van der Waals surface area contributed by atoms with E-state index in [1.807, 2.05) is 0 Å². The number of carbonyl (C=O) groups excluding carboxylic acids is 2. The van der Waals surface area contributed by atoms with E-state index in [9.17, 15) is 35.9 Å². The maximum atomic E-state index is 12.3. The molecule has 4 nitrogen and oxygen atoms in total. The minimum atomic E-state index is -4.93. The summed E-state index contributed by atoms with van der Waals surface area (Å²) < 4.78 is 82.0. The molecule has 2 atom stereocenters. The minimum Gasteiger partial charge on any atom is -0.469 e. The van der Waals surface area contributed by atoms with Gasteiger partial charge < -0.3 is 9.47 Å². The van der Waals surface area contributed by atoms with E-state index in [-0.39, 0.29) is 0 Å². The molecular weight excluding hydrogens is 298 g/mol. The number of halogens is 6. The Morgan fingerprint density at radius 2 is 1.05 bits per heavy atom. The van der Waals surface area contributed by atoms with Gasteiger partial charge in [0, 0.05) is 0 Å². The molecule has 0 aliphatic rings. The number of methoxy groups -OCH3 is 2. The topological polar surface area (TPSA) is 52.6 Å². The first kappa shape index (κ1) is 18.5. The number of carbonyl (C=O) groups is 2. The van der Waals surface area contributed by atoms with Crippen molar-refractivity contribution in [1.82, 2.24) is 0 Å². The van der Waals surface area contributed by atoms with Crippen molar-refractivity contribution in [3.63, 3.8) is 0 Å². The van der Waals surface area contributed by atoms with Crippen LogP contribution in [0.4, 0.5) is 26.3 Å². The first-order chi connectivity index (χ1) is 8.91. The molecule has 0 N–H and O–H groups in total. The lowest BCUT2D eigenvalue weighted by molar-refractivity contribution is -0.189. The predicted octanol–water partition coefficient (Wildman–Crippen LogP) is 2.47. The van der Waals surface area contributed by atoms with Crippen molar-refractivity contribution in [3.8, 4) is 0 Å². The normalized spacial score (nSPS) is 15.4. The van der Waals surface area contributed by atoms with Crippen LogP contribution in [0.15, 0.2) is 0 Å². The lowest BCUT2D eigenvalue weighted by atomic mass is 9.86. The molecule has 0 bridgehead atoms. The van der Waals surface area contributed by atoms with Gasteiger partial charge in [-0.2, -0.15) is 26.3 Å². The Kier molecular flexibility index (Phi) is 6.30. The van der Waals surface area contributed by atoms with Crippen molar-refractivity contribution >= 4 is 11.9 Å². The van der Waals surface area contributed by atoms with Crippen molar-refractivity contribution in [2.45, 2.75) is 25.2 Å². The number of rotatable bonds is 5. The molecular formula is C10H12F6O4. The highest BCUT2D eigenvalue weighted by Crippen LogP contribution is 2.36. The molecule has 118 valence electrons. The monoisotopic (exact) mass is 310 g/mol. The van der Waals surface area contributed by atoms with Gasteiger partial charge >= 0.3 is 24.3 Å². The van der Waals surface area contributed by atoms with E-state index < -0.39 is 49.0 Å². The molecule has 0 aromatic heterocycles. The van der Waals surface area contributed by atoms with Crippen molar-refractivity contribution in [1.29, 1.82) is 0 Å². The molecule has 0 fully saturated rings. The second-order valence-corrected chi connectivity index (χ2v) is 3.90. The molecule has 0 amide bonds. The lowest BCUT2D eigenvalue weighted by Crippen LogP contribution is -2.37. The van der Waals surface area contributed by atoms with Crippen LogP contribution in [-0.4, -0.2) is 38.5 Å². The fourth-order valence-electron chi connectivity index (χ4n) is 1.58. The Labute approximate surface area is 110 Å². The zero-order valence-electron chi connectivity index (χ0n) is 10.5. The number of hydrogen-bond donors (Lipinski definition) is 0. The highest BCUT2D eigenvalue weighted by Gasteiger charge is 2.47. The van der Waals surface area contributed by atoms with E-state index in [0.29, 0.717) is 14.2 Å². The minimum absolute atomic E-state index is 0.716. The smallest absolute Gasteiger partial charge is 0.389 e. The van der Waals surface area contributed by atoms with Gasteiger partial charge in [-0.1, -0.05) is 0 Å². The molecule has 0 saturated heterocycles. The molecule has 0 aliphatic carbocycles. The summed E-state index contributed by atoms with van der Waals surface area (Å²) in [7, 11) is 1.43. The Morgan fingerprint density at radius 1 is 0.800 bits per heavy atom. The van der Waals surface area contributed by atoms with Crippen molar-refractivity contribution in [2.24, 2.45) is 11.8 Å². The highest BCUT2D eigenvalue weighted by atomic mass is 19.4. The summed E-state index contributed by atoms with van der Waals surface area (Å²) in [6, 6.07) is 0. The lowest BCUT2D eigenvalue weighted by Gasteiger charge is -2.24. The highest BCUT2D eigenvalue weighted by molar-refractivity contribution is 5.82. The standard InChI is InChI=1S/C10H12F6O4/c1-19-7(17)5(3-9(11,12)13)6(8(18)20-2)4-10(14,15)16/h5-6H,3-4H2,1-2H3/t5-,6+. The van der Waals surface area contributed by atoms with Crippen LogP contribution in [0, 0.1) is 11.8 Å². The van der Waals surface area contributed by atoms with Crippen LogP contribution in [0.5, 0.6) is 0 Å². The molecule has 0 saturated carbocycles. The van der Waals surface area contributed by atoms with E-state index in [4.69, 9.17) is 0 Å². The molecule has 0 unspecified atom stereocenters. The summed E-state index contributed by atoms with van der Waals surface area (Å²) in [5, 5.41) is 0. The van der Waals surface area contributed by atoms with Crippen LogP contribution in [0.1, 0.15) is 12.8 Å². The van der Waals surface area contributed by atoms with Gasteiger partial charge in [0.1, 0.15) is 0 Å². The summed E-state index contributed by atoms with van der Waals surface area (Å²) in [4.78, 5) is 22.5. The molecule has 0 aromatic rings. The van der Waals surface area contributed by atoms with Gasteiger partial charge in [-0.3, -0.25) is 9.59 Å². The van der Waals surface area contributed by atoms with E-state index in [2.05, 4.69) is 9.47 Å². The number of esters is 2. The molecule has 20 heavy (non-hydrogen) atoms. The number of alkyl halides is 6. The average molecular weight is 310 g/mol. The van der Waals surface area contributed by atoms with E-state index in [1.54, 1.807) is 0 Å². The van der Waals surface area contributed by atoms with Gasteiger partial charge in [0.2, 0.25) is 0 Å². The SMILES string of the molecule is COC(=O)[C@@H](CC(F)(F)F)[C@@H](CC(F)(F)F)C(=O)OC. The Bertz CT molecular complexity index is 315. The van der Waals surface area contributed by atoms with Gasteiger partial charge in [-0.05, 0) is 0 Å². The molecule has 0 radical (unpaired) electrons. The molecule has 10 heteroatoms. The largest absolute Gasteiger partial charge is 0.469 e. The van der Waals surface area contributed by atoms with E-state index >= 15 is 0 Å². The Morgan fingerprint density at radius 3 is 1.20 bits per heavy atom. The van der Waals surface area contributed by atoms with Gasteiger partial charge in [0.05, 0.1) is 38.9 Å². The maximum absolute atomic E-state index is 12.3. The summed E-state index contributed by atoms with van der Waals surface area (Å²) in [5.74, 6) is -7.73. The van der Waals surface area contributed by atoms with Gasteiger partial charge in [-0.25, -0.2) is 0 Å².